The van der Waals surface area contributed by atoms with E-state index in [0.717, 1.165) is 30.8 Å². The molecule has 5 heteroatoms. The first-order chi connectivity index (χ1) is 10.2. The molecule has 116 valence electrons. The highest BCUT2D eigenvalue weighted by Gasteiger charge is 2.21. The number of β-amino-alcohol motifs (C(OH)–C–C–N with tert-alkyl or cyclic N) is 1. The Kier molecular flexibility index (Phi) is 5.59. The van der Waals surface area contributed by atoms with Crippen LogP contribution in [0.2, 0.25) is 0 Å². The van der Waals surface area contributed by atoms with Crippen molar-refractivity contribution in [1.82, 2.24) is 9.80 Å². The van der Waals surface area contributed by atoms with E-state index in [1.807, 2.05) is 24.0 Å². The van der Waals surface area contributed by atoms with E-state index in [4.69, 9.17) is 5.11 Å². The molecule has 5 nitrogen and oxygen atoms in total. The molecule has 0 aliphatic carbocycles. The third kappa shape index (κ3) is 3.95. The Bertz CT molecular complexity index is 482. The first kappa shape index (κ1) is 15.8. The molecule has 1 aromatic rings. The van der Waals surface area contributed by atoms with E-state index < -0.39 is 0 Å². The number of aryl methyl sites for hydroxylation is 2. The van der Waals surface area contributed by atoms with E-state index in [9.17, 15) is 4.79 Å². The number of hydrogen-bond acceptors (Lipinski definition) is 3. The topological polar surface area (TPSA) is 55.8 Å². The Labute approximate surface area is 126 Å². The number of rotatable bonds is 4. The first-order valence-electron chi connectivity index (χ1n) is 7.63. The molecule has 1 heterocycles. The summed E-state index contributed by atoms with van der Waals surface area (Å²) < 4.78 is 0. The maximum atomic E-state index is 12.4. The Hall–Kier alpha value is -1.59. The van der Waals surface area contributed by atoms with Crippen molar-refractivity contribution in [3.8, 4) is 0 Å². The molecule has 0 radical (unpaired) electrons. The molecule has 0 unspecified atom stereocenters. The molecular weight excluding hydrogens is 266 g/mol. The second-order valence-electron chi connectivity index (χ2n) is 5.45. The number of para-hydroxylation sites is 1. The number of aliphatic hydroxyl groups is 1. The molecule has 1 aliphatic heterocycles. The van der Waals surface area contributed by atoms with Gasteiger partial charge in [-0.1, -0.05) is 25.1 Å². The lowest BCUT2D eigenvalue weighted by atomic mass is 10.1. The van der Waals surface area contributed by atoms with Gasteiger partial charge in [-0.15, -0.1) is 0 Å². The van der Waals surface area contributed by atoms with Crippen molar-refractivity contribution >= 4 is 11.7 Å². The van der Waals surface area contributed by atoms with Gasteiger partial charge in [0.05, 0.1) is 6.61 Å². The van der Waals surface area contributed by atoms with Crippen LogP contribution in [0.15, 0.2) is 18.2 Å². The van der Waals surface area contributed by atoms with Gasteiger partial charge in [0.25, 0.3) is 0 Å². The van der Waals surface area contributed by atoms with Crippen molar-refractivity contribution < 1.29 is 9.90 Å². The van der Waals surface area contributed by atoms with Crippen molar-refractivity contribution in [2.45, 2.75) is 20.3 Å². The molecule has 1 aromatic carbocycles. The van der Waals surface area contributed by atoms with Gasteiger partial charge in [0.2, 0.25) is 0 Å². The van der Waals surface area contributed by atoms with E-state index in [1.54, 1.807) is 0 Å². The van der Waals surface area contributed by atoms with Crippen molar-refractivity contribution in [2.24, 2.45) is 0 Å². The monoisotopic (exact) mass is 291 g/mol. The lowest BCUT2D eigenvalue weighted by Gasteiger charge is -2.34. The summed E-state index contributed by atoms with van der Waals surface area (Å²) in [7, 11) is 0. The summed E-state index contributed by atoms with van der Waals surface area (Å²) in [5.41, 5.74) is 3.21. The summed E-state index contributed by atoms with van der Waals surface area (Å²) in [6.45, 7) is 8.04. The Morgan fingerprint density at radius 3 is 2.62 bits per heavy atom. The van der Waals surface area contributed by atoms with Crippen LogP contribution in [0.5, 0.6) is 0 Å². The summed E-state index contributed by atoms with van der Waals surface area (Å²) >= 11 is 0. The molecule has 0 atom stereocenters. The molecule has 1 saturated heterocycles. The Balaban J connectivity index is 1.97. The summed E-state index contributed by atoms with van der Waals surface area (Å²) in [5, 5.41) is 12.0. The fourth-order valence-corrected chi connectivity index (χ4v) is 2.70. The van der Waals surface area contributed by atoms with E-state index in [-0.39, 0.29) is 12.6 Å². The van der Waals surface area contributed by atoms with Crippen molar-refractivity contribution in [3.05, 3.63) is 29.3 Å². The Morgan fingerprint density at radius 1 is 1.29 bits per heavy atom. The maximum Gasteiger partial charge on any atom is 0.321 e. The van der Waals surface area contributed by atoms with Crippen molar-refractivity contribution in [1.29, 1.82) is 0 Å². The van der Waals surface area contributed by atoms with Crippen LogP contribution < -0.4 is 5.32 Å². The highest BCUT2D eigenvalue weighted by molar-refractivity contribution is 5.91. The first-order valence-corrected chi connectivity index (χ1v) is 7.63. The molecule has 1 fully saturated rings. The van der Waals surface area contributed by atoms with E-state index in [1.165, 1.54) is 5.56 Å². The predicted octanol–water partition coefficient (Wildman–Crippen LogP) is 1.70. The molecule has 2 rings (SSSR count). The average molecular weight is 291 g/mol. The molecule has 0 aromatic heterocycles. The number of nitrogens with one attached hydrogen (secondary N) is 1. The van der Waals surface area contributed by atoms with Gasteiger partial charge < -0.3 is 15.3 Å². The van der Waals surface area contributed by atoms with Gasteiger partial charge in [-0.05, 0) is 24.5 Å². The zero-order valence-electron chi connectivity index (χ0n) is 12.9. The number of piperazine rings is 1. The third-order valence-electron chi connectivity index (χ3n) is 4.05. The minimum atomic E-state index is -0.0253. The van der Waals surface area contributed by atoms with Gasteiger partial charge in [0.1, 0.15) is 0 Å². The largest absolute Gasteiger partial charge is 0.395 e. The number of hydrogen-bond donors (Lipinski definition) is 2. The van der Waals surface area contributed by atoms with E-state index >= 15 is 0 Å². The minimum Gasteiger partial charge on any atom is -0.395 e. The zero-order valence-corrected chi connectivity index (χ0v) is 12.9. The molecule has 0 bridgehead atoms. The van der Waals surface area contributed by atoms with Crippen LogP contribution in [0.1, 0.15) is 18.1 Å². The van der Waals surface area contributed by atoms with Gasteiger partial charge >= 0.3 is 6.03 Å². The smallest absolute Gasteiger partial charge is 0.321 e. The SMILES string of the molecule is CCc1cccc(C)c1NC(=O)N1CCN(CCO)CC1. The van der Waals surface area contributed by atoms with Crippen LogP contribution in [0.3, 0.4) is 0 Å². The maximum absolute atomic E-state index is 12.4. The lowest BCUT2D eigenvalue weighted by Crippen LogP contribution is -2.50. The fourth-order valence-electron chi connectivity index (χ4n) is 2.70. The van der Waals surface area contributed by atoms with Crippen molar-refractivity contribution in [2.75, 3.05) is 44.6 Å². The molecular formula is C16H25N3O2. The second kappa shape index (κ2) is 7.43. The van der Waals surface area contributed by atoms with Crippen LogP contribution >= 0.6 is 0 Å². The highest BCUT2D eigenvalue weighted by atomic mass is 16.3. The molecule has 2 N–H and O–H groups in total. The van der Waals surface area contributed by atoms with Crippen LogP contribution in [0.4, 0.5) is 10.5 Å². The molecule has 21 heavy (non-hydrogen) atoms. The third-order valence-corrected chi connectivity index (χ3v) is 4.05. The quantitative estimate of drug-likeness (QED) is 0.888. The molecule has 1 aliphatic rings. The summed E-state index contributed by atoms with van der Waals surface area (Å²) in [6, 6.07) is 6.08. The molecule has 0 saturated carbocycles. The van der Waals surface area contributed by atoms with Gasteiger partial charge in [0, 0.05) is 38.4 Å². The number of carbonyl (C=O) groups is 1. The molecule has 0 spiro atoms. The zero-order chi connectivity index (χ0) is 15.2. The average Bonchev–Trinajstić information content (AvgIpc) is 2.50. The number of carbonyl (C=O) groups excluding carboxylic acids is 1. The van der Waals surface area contributed by atoms with E-state index in [0.29, 0.717) is 19.6 Å². The number of benzene rings is 1. The van der Waals surface area contributed by atoms with Gasteiger partial charge in [-0.25, -0.2) is 4.79 Å². The predicted molar refractivity (Wildman–Crippen MR) is 84.7 cm³/mol. The van der Waals surface area contributed by atoms with Crippen LogP contribution in [-0.4, -0.2) is 60.3 Å². The van der Waals surface area contributed by atoms with Gasteiger partial charge in [0.15, 0.2) is 0 Å². The Morgan fingerprint density at radius 2 is 2.00 bits per heavy atom. The summed E-state index contributed by atoms with van der Waals surface area (Å²) in [4.78, 5) is 16.4. The summed E-state index contributed by atoms with van der Waals surface area (Å²) in [5.74, 6) is 0. The fraction of sp³-hybridized carbons (Fsp3) is 0.562. The minimum absolute atomic E-state index is 0.0253. The number of amides is 2. The van der Waals surface area contributed by atoms with Gasteiger partial charge in [-0.2, -0.15) is 0 Å². The lowest BCUT2D eigenvalue weighted by molar-refractivity contribution is 0.127. The standard InChI is InChI=1S/C16H25N3O2/c1-3-14-6-4-5-13(2)15(14)17-16(21)19-9-7-18(8-10-19)11-12-20/h4-6,20H,3,7-12H2,1-2H3,(H,17,21). The summed E-state index contributed by atoms with van der Waals surface area (Å²) in [6.07, 6.45) is 0.904. The molecule has 2 amide bonds. The van der Waals surface area contributed by atoms with Crippen molar-refractivity contribution in [3.63, 3.8) is 0 Å². The normalized spacial score (nSPS) is 16.0. The number of nitrogens with zero attached hydrogens (tertiary/aromatic N) is 2. The van der Waals surface area contributed by atoms with Crippen LogP contribution in [0.25, 0.3) is 0 Å². The van der Waals surface area contributed by atoms with Crippen LogP contribution in [-0.2, 0) is 6.42 Å². The second-order valence-corrected chi connectivity index (χ2v) is 5.45. The number of urea groups is 1. The van der Waals surface area contributed by atoms with Crippen LogP contribution in [0, 0.1) is 6.92 Å². The van der Waals surface area contributed by atoms with E-state index in [2.05, 4.69) is 23.2 Å². The highest BCUT2D eigenvalue weighted by Crippen LogP contribution is 2.21. The number of anilines is 1. The number of aliphatic hydroxyl groups excluding tert-OH is 1. The van der Waals surface area contributed by atoms with Gasteiger partial charge in [-0.3, -0.25) is 4.90 Å².